The summed E-state index contributed by atoms with van der Waals surface area (Å²) in [4.78, 5) is 28.2. The van der Waals surface area contributed by atoms with Gasteiger partial charge in [-0.2, -0.15) is 0 Å². The molecule has 0 spiro atoms. The number of hydrogen-bond acceptors (Lipinski definition) is 5. The van der Waals surface area contributed by atoms with Crippen LogP contribution in [0.1, 0.15) is 47.2 Å². The minimum atomic E-state index is -0.729. The Kier molecular flexibility index (Phi) is 7.44. The van der Waals surface area contributed by atoms with Gasteiger partial charge in [0.2, 0.25) is 0 Å². The number of aryl methyl sites for hydroxylation is 2. The summed E-state index contributed by atoms with van der Waals surface area (Å²) in [7, 11) is 1.58. The second kappa shape index (κ2) is 10.7. The highest BCUT2D eigenvalue weighted by molar-refractivity contribution is 6.46. The molecule has 0 aromatic heterocycles. The molecule has 0 saturated carbocycles. The predicted octanol–water partition coefficient (Wildman–Crippen LogP) is 5.72. The molecule has 1 N–H and O–H groups in total. The molecule has 3 aromatic carbocycles. The molecule has 1 unspecified atom stereocenters. The molecule has 3 aromatic rings. The van der Waals surface area contributed by atoms with Crippen molar-refractivity contribution in [1.82, 2.24) is 4.90 Å². The monoisotopic (exact) mass is 485 g/mol. The normalized spacial score (nSPS) is 16.9. The number of likely N-dealkylation sites (tertiary alicyclic amines) is 1. The Morgan fingerprint density at radius 1 is 1.00 bits per heavy atom. The molecule has 1 aliphatic heterocycles. The topological polar surface area (TPSA) is 76.1 Å². The number of rotatable bonds is 8. The fourth-order valence-electron chi connectivity index (χ4n) is 4.52. The second-order valence-electron chi connectivity index (χ2n) is 9.02. The average molecular weight is 486 g/mol. The van der Waals surface area contributed by atoms with Crippen molar-refractivity contribution in [3.05, 3.63) is 100 Å². The van der Waals surface area contributed by atoms with Gasteiger partial charge in [0.1, 0.15) is 17.3 Å². The first-order valence-corrected chi connectivity index (χ1v) is 12.1. The number of aliphatic hydroxyl groups excluding tert-OH is 1. The van der Waals surface area contributed by atoms with Crippen molar-refractivity contribution in [3.63, 3.8) is 0 Å². The first-order chi connectivity index (χ1) is 17.3. The second-order valence-corrected chi connectivity index (χ2v) is 9.02. The van der Waals surface area contributed by atoms with Gasteiger partial charge < -0.3 is 19.5 Å². The van der Waals surface area contributed by atoms with Gasteiger partial charge in [0.15, 0.2) is 0 Å². The Morgan fingerprint density at radius 2 is 1.78 bits per heavy atom. The Hall–Kier alpha value is -4.06. The molecule has 1 amide bonds. The van der Waals surface area contributed by atoms with Crippen LogP contribution in [-0.2, 0) is 16.1 Å². The molecule has 1 saturated heterocycles. The van der Waals surface area contributed by atoms with Crippen LogP contribution in [0.5, 0.6) is 11.5 Å². The van der Waals surface area contributed by atoms with Crippen molar-refractivity contribution >= 4 is 17.4 Å². The molecule has 1 heterocycles. The van der Waals surface area contributed by atoms with E-state index in [1.807, 2.05) is 69.3 Å². The van der Waals surface area contributed by atoms with Crippen LogP contribution in [0.15, 0.2) is 72.3 Å². The lowest BCUT2D eigenvalue weighted by Gasteiger charge is -2.26. The van der Waals surface area contributed by atoms with Gasteiger partial charge in [0, 0.05) is 12.1 Å². The number of hydrogen-bond donors (Lipinski definition) is 1. The van der Waals surface area contributed by atoms with E-state index in [-0.39, 0.29) is 17.9 Å². The SMILES string of the molecule is CCCOc1ccc(/C(O)=C2/C(=O)C(=O)N(Cc3cccc(OC)c3)C2c2cccc(C)c2)cc1C. The van der Waals surface area contributed by atoms with Gasteiger partial charge in [0.05, 0.1) is 25.3 Å². The van der Waals surface area contributed by atoms with Crippen molar-refractivity contribution < 1.29 is 24.2 Å². The molecule has 0 radical (unpaired) electrons. The highest BCUT2D eigenvalue weighted by Gasteiger charge is 2.46. The third-order valence-electron chi connectivity index (χ3n) is 6.29. The lowest BCUT2D eigenvalue weighted by molar-refractivity contribution is -0.140. The van der Waals surface area contributed by atoms with Crippen LogP contribution in [0.4, 0.5) is 0 Å². The fourth-order valence-corrected chi connectivity index (χ4v) is 4.52. The summed E-state index contributed by atoms with van der Waals surface area (Å²) >= 11 is 0. The van der Waals surface area contributed by atoms with Crippen LogP contribution in [0.2, 0.25) is 0 Å². The smallest absolute Gasteiger partial charge is 0.295 e. The first-order valence-electron chi connectivity index (χ1n) is 12.1. The van der Waals surface area contributed by atoms with Crippen LogP contribution in [0.25, 0.3) is 5.76 Å². The lowest BCUT2D eigenvalue weighted by atomic mass is 9.94. The average Bonchev–Trinajstić information content (AvgIpc) is 3.12. The predicted molar refractivity (Wildman–Crippen MR) is 139 cm³/mol. The number of nitrogens with zero attached hydrogens (tertiary/aromatic N) is 1. The van der Waals surface area contributed by atoms with Gasteiger partial charge in [-0.15, -0.1) is 0 Å². The summed E-state index contributed by atoms with van der Waals surface area (Å²) in [5.41, 5.74) is 3.96. The van der Waals surface area contributed by atoms with Gasteiger partial charge >= 0.3 is 0 Å². The van der Waals surface area contributed by atoms with Gasteiger partial charge in [-0.3, -0.25) is 9.59 Å². The van der Waals surface area contributed by atoms with E-state index in [4.69, 9.17) is 9.47 Å². The molecule has 0 aliphatic carbocycles. The molecule has 1 fully saturated rings. The number of Topliss-reactive ketones (excluding diaryl/α,β-unsaturated/α-hetero) is 1. The van der Waals surface area contributed by atoms with Crippen molar-refractivity contribution in [2.75, 3.05) is 13.7 Å². The minimum Gasteiger partial charge on any atom is -0.507 e. The standard InChI is InChI=1S/C30H31NO5/c1-5-14-36-25-13-12-23(16-20(25)3)28(32)26-27(22-10-6-8-19(2)15-22)31(30(34)29(26)33)18-21-9-7-11-24(17-21)35-4/h6-13,15-17,27,32H,5,14,18H2,1-4H3/b28-26-. The molecule has 6 heteroatoms. The molecule has 0 bridgehead atoms. The molecular weight excluding hydrogens is 454 g/mol. The summed E-state index contributed by atoms with van der Waals surface area (Å²) in [6.07, 6.45) is 0.883. The fraction of sp³-hybridized carbons (Fsp3) is 0.267. The number of ether oxygens (including phenoxy) is 2. The van der Waals surface area contributed by atoms with E-state index in [2.05, 4.69) is 0 Å². The summed E-state index contributed by atoms with van der Waals surface area (Å²) in [6, 6.07) is 19.6. The highest BCUT2D eigenvalue weighted by atomic mass is 16.5. The van der Waals surface area contributed by atoms with E-state index in [1.165, 1.54) is 4.90 Å². The van der Waals surface area contributed by atoms with E-state index in [1.54, 1.807) is 25.3 Å². The number of ketones is 1. The van der Waals surface area contributed by atoms with Crippen molar-refractivity contribution in [1.29, 1.82) is 0 Å². The Morgan fingerprint density at radius 3 is 2.47 bits per heavy atom. The third kappa shape index (κ3) is 4.98. The maximum Gasteiger partial charge on any atom is 0.295 e. The Bertz CT molecular complexity index is 1330. The van der Waals surface area contributed by atoms with Crippen LogP contribution >= 0.6 is 0 Å². The number of methoxy groups -OCH3 is 1. The molecule has 36 heavy (non-hydrogen) atoms. The van der Waals surface area contributed by atoms with E-state index < -0.39 is 17.7 Å². The van der Waals surface area contributed by atoms with Gasteiger partial charge in [-0.1, -0.05) is 48.9 Å². The largest absolute Gasteiger partial charge is 0.507 e. The zero-order chi connectivity index (χ0) is 25.8. The lowest BCUT2D eigenvalue weighted by Crippen LogP contribution is -2.29. The maximum atomic E-state index is 13.3. The van der Waals surface area contributed by atoms with Crippen LogP contribution in [0.3, 0.4) is 0 Å². The maximum absolute atomic E-state index is 13.3. The molecule has 186 valence electrons. The van der Waals surface area contributed by atoms with E-state index in [0.29, 0.717) is 17.9 Å². The Labute approximate surface area is 211 Å². The number of carbonyl (C=O) groups excluding carboxylic acids is 2. The van der Waals surface area contributed by atoms with Crippen LogP contribution < -0.4 is 9.47 Å². The minimum absolute atomic E-state index is 0.0788. The van der Waals surface area contributed by atoms with Gasteiger partial charge in [-0.05, 0) is 67.3 Å². The Balaban J connectivity index is 1.81. The van der Waals surface area contributed by atoms with E-state index >= 15 is 0 Å². The number of benzene rings is 3. The van der Waals surface area contributed by atoms with Crippen molar-refractivity contribution in [3.8, 4) is 11.5 Å². The number of carbonyl (C=O) groups is 2. The molecule has 1 atom stereocenters. The van der Waals surface area contributed by atoms with Gasteiger partial charge in [0.25, 0.3) is 11.7 Å². The number of amides is 1. The van der Waals surface area contributed by atoms with Crippen molar-refractivity contribution in [2.45, 2.75) is 39.8 Å². The van der Waals surface area contributed by atoms with Crippen LogP contribution in [0, 0.1) is 13.8 Å². The van der Waals surface area contributed by atoms with Crippen LogP contribution in [-0.4, -0.2) is 35.4 Å². The van der Waals surface area contributed by atoms with E-state index in [0.717, 1.165) is 34.4 Å². The van der Waals surface area contributed by atoms with Gasteiger partial charge in [-0.25, -0.2) is 0 Å². The third-order valence-corrected chi connectivity index (χ3v) is 6.29. The van der Waals surface area contributed by atoms with Crippen molar-refractivity contribution in [2.24, 2.45) is 0 Å². The molecule has 6 nitrogen and oxygen atoms in total. The summed E-state index contributed by atoms with van der Waals surface area (Å²) in [5.74, 6) is -0.159. The first kappa shape index (κ1) is 25.0. The molecular formula is C30H31NO5. The highest BCUT2D eigenvalue weighted by Crippen LogP contribution is 2.41. The summed E-state index contributed by atoms with van der Waals surface area (Å²) in [6.45, 7) is 6.66. The molecule has 4 rings (SSSR count). The molecule has 1 aliphatic rings. The zero-order valence-corrected chi connectivity index (χ0v) is 21.1. The quantitative estimate of drug-likeness (QED) is 0.251. The zero-order valence-electron chi connectivity index (χ0n) is 21.1. The van der Waals surface area contributed by atoms with E-state index in [9.17, 15) is 14.7 Å². The summed E-state index contributed by atoms with van der Waals surface area (Å²) in [5, 5.41) is 11.4. The number of aliphatic hydroxyl groups is 1. The summed E-state index contributed by atoms with van der Waals surface area (Å²) < 4.78 is 11.1.